The number of esters is 1. The summed E-state index contributed by atoms with van der Waals surface area (Å²) in [5.74, 6) is -0.727. The summed E-state index contributed by atoms with van der Waals surface area (Å²) in [6.45, 7) is 3.53. The number of carbonyl (C=O) groups excluding carboxylic acids is 2. The Morgan fingerprint density at radius 3 is 2.54 bits per heavy atom. The average molecular weight is 415 g/mol. The van der Waals surface area contributed by atoms with E-state index in [0.29, 0.717) is 15.3 Å². The lowest BCUT2D eigenvalue weighted by Gasteiger charge is -2.20. The van der Waals surface area contributed by atoms with Gasteiger partial charge in [-0.1, -0.05) is 29.8 Å². The van der Waals surface area contributed by atoms with Gasteiger partial charge in [0, 0.05) is 5.02 Å². The number of hydrogen-bond donors (Lipinski definition) is 1. The minimum atomic E-state index is -0.624. The fraction of sp³-hybridized carbons (Fsp3) is 0.294. The molecule has 1 unspecified atom stereocenters. The van der Waals surface area contributed by atoms with Crippen LogP contribution in [0.4, 0.5) is 0 Å². The van der Waals surface area contributed by atoms with Gasteiger partial charge in [0.2, 0.25) is 0 Å². The van der Waals surface area contributed by atoms with Gasteiger partial charge in [-0.2, -0.15) is 0 Å². The molecule has 1 N–H and O–H groups in total. The Labute approximate surface area is 153 Å². The predicted molar refractivity (Wildman–Crippen MR) is 93.9 cm³/mol. The van der Waals surface area contributed by atoms with E-state index in [4.69, 9.17) is 20.8 Å². The highest BCUT2D eigenvalue weighted by atomic mass is 79.9. The van der Waals surface area contributed by atoms with Crippen molar-refractivity contribution in [1.82, 2.24) is 5.32 Å². The van der Waals surface area contributed by atoms with Crippen molar-refractivity contribution in [3.63, 3.8) is 0 Å². The van der Waals surface area contributed by atoms with E-state index in [2.05, 4.69) is 21.2 Å². The summed E-state index contributed by atoms with van der Waals surface area (Å²) in [7, 11) is 0. The van der Waals surface area contributed by atoms with Crippen LogP contribution in [0.3, 0.4) is 0 Å². The van der Waals surface area contributed by atoms with Gasteiger partial charge in [-0.25, -0.2) is 0 Å². The third kappa shape index (κ3) is 5.11. The van der Waals surface area contributed by atoms with Crippen LogP contribution in [0.2, 0.25) is 5.02 Å². The van der Waals surface area contributed by atoms with Crippen LogP contribution in [0.5, 0.6) is 0 Å². The number of hydrogen-bond acceptors (Lipinski definition) is 4. The maximum atomic E-state index is 12.3. The van der Waals surface area contributed by atoms with Crippen molar-refractivity contribution in [3.8, 4) is 0 Å². The molecule has 0 radical (unpaired) electrons. The van der Waals surface area contributed by atoms with Gasteiger partial charge in [0.25, 0.3) is 5.91 Å². The van der Waals surface area contributed by atoms with E-state index in [0.717, 1.165) is 0 Å². The number of ether oxygens (including phenoxy) is 1. The Bertz CT molecular complexity index is 729. The second kappa shape index (κ2) is 8.35. The third-order valence-electron chi connectivity index (χ3n) is 3.12. The number of benzene rings is 1. The number of rotatable bonds is 6. The number of halogens is 2. The summed E-state index contributed by atoms with van der Waals surface area (Å²) in [4.78, 5) is 24.4. The zero-order valence-electron chi connectivity index (χ0n) is 13.2. The summed E-state index contributed by atoms with van der Waals surface area (Å²) >= 11 is 9.36. The van der Waals surface area contributed by atoms with Gasteiger partial charge in [0.1, 0.15) is 0 Å². The van der Waals surface area contributed by atoms with Crippen molar-refractivity contribution in [1.29, 1.82) is 0 Å². The van der Waals surface area contributed by atoms with Gasteiger partial charge < -0.3 is 14.5 Å². The minimum Gasteiger partial charge on any atom is -0.463 e. The van der Waals surface area contributed by atoms with Crippen LogP contribution in [0, 0.1) is 0 Å². The summed E-state index contributed by atoms with van der Waals surface area (Å²) in [6.07, 6.45) is -0.267. The first-order valence-electron chi connectivity index (χ1n) is 7.37. The molecule has 0 fully saturated rings. The van der Waals surface area contributed by atoms with Crippen molar-refractivity contribution in [2.75, 3.05) is 0 Å². The first kappa shape index (κ1) is 18.5. The Morgan fingerprint density at radius 2 is 1.96 bits per heavy atom. The summed E-state index contributed by atoms with van der Waals surface area (Å²) in [5, 5.41) is 3.23. The molecule has 7 heteroatoms. The van der Waals surface area contributed by atoms with Gasteiger partial charge in [0.15, 0.2) is 10.4 Å². The van der Waals surface area contributed by atoms with E-state index >= 15 is 0 Å². The SMILES string of the molecule is CC(C)OC(=O)CC(NC(=O)c1ccc(Br)o1)c1ccccc1Cl. The van der Waals surface area contributed by atoms with Crippen LogP contribution in [0.1, 0.15) is 42.4 Å². The Hall–Kier alpha value is -1.79. The topological polar surface area (TPSA) is 68.5 Å². The van der Waals surface area contributed by atoms with E-state index in [1.165, 1.54) is 6.07 Å². The molecule has 1 aromatic heterocycles. The lowest BCUT2D eigenvalue weighted by Crippen LogP contribution is -2.31. The van der Waals surface area contributed by atoms with E-state index in [9.17, 15) is 9.59 Å². The van der Waals surface area contributed by atoms with Crippen LogP contribution in [0.15, 0.2) is 45.5 Å². The monoisotopic (exact) mass is 413 g/mol. The molecule has 2 rings (SSSR count). The highest BCUT2D eigenvalue weighted by molar-refractivity contribution is 9.10. The van der Waals surface area contributed by atoms with Gasteiger partial charge >= 0.3 is 5.97 Å². The summed E-state index contributed by atoms with van der Waals surface area (Å²) in [6, 6.07) is 9.56. The molecular formula is C17H17BrClNO4. The predicted octanol–water partition coefficient (Wildman–Crippen LogP) is 4.51. The minimum absolute atomic E-state index is 0.0322. The first-order chi connectivity index (χ1) is 11.4. The lowest BCUT2D eigenvalue weighted by molar-refractivity contribution is -0.147. The molecular weight excluding hydrogens is 398 g/mol. The normalized spacial score (nSPS) is 12.0. The Kier molecular flexibility index (Phi) is 6.45. The molecule has 0 saturated carbocycles. The van der Waals surface area contributed by atoms with E-state index in [1.54, 1.807) is 44.2 Å². The molecule has 0 bridgehead atoms. The molecule has 0 aliphatic rings. The van der Waals surface area contributed by atoms with Gasteiger partial charge in [-0.15, -0.1) is 0 Å². The summed E-state index contributed by atoms with van der Waals surface area (Å²) in [5.41, 5.74) is 0.638. The Morgan fingerprint density at radius 1 is 1.25 bits per heavy atom. The number of carbonyl (C=O) groups is 2. The van der Waals surface area contributed by atoms with Crippen molar-refractivity contribution in [2.24, 2.45) is 0 Å². The van der Waals surface area contributed by atoms with Crippen molar-refractivity contribution >= 4 is 39.4 Å². The molecule has 128 valence electrons. The molecule has 0 aliphatic heterocycles. The maximum absolute atomic E-state index is 12.3. The molecule has 1 atom stereocenters. The molecule has 1 aromatic carbocycles. The number of furan rings is 1. The second-order valence-corrected chi connectivity index (χ2v) is 6.58. The standard InChI is InChI=1S/C17H17BrClNO4/c1-10(2)23-16(21)9-13(11-5-3-4-6-12(11)19)20-17(22)14-7-8-15(18)24-14/h3-8,10,13H,9H2,1-2H3,(H,20,22). The van der Waals surface area contributed by atoms with Crippen LogP contribution in [-0.4, -0.2) is 18.0 Å². The third-order valence-corrected chi connectivity index (χ3v) is 3.89. The van der Waals surface area contributed by atoms with E-state index in [1.807, 2.05) is 0 Å². The van der Waals surface area contributed by atoms with Crippen LogP contribution in [0.25, 0.3) is 0 Å². The van der Waals surface area contributed by atoms with E-state index < -0.39 is 17.9 Å². The fourth-order valence-electron chi connectivity index (χ4n) is 2.14. The van der Waals surface area contributed by atoms with E-state index in [-0.39, 0.29) is 18.3 Å². The number of nitrogens with one attached hydrogen (secondary N) is 1. The molecule has 5 nitrogen and oxygen atoms in total. The van der Waals surface area contributed by atoms with Crippen LogP contribution < -0.4 is 5.32 Å². The van der Waals surface area contributed by atoms with Crippen molar-refractivity contribution in [3.05, 3.63) is 57.4 Å². The van der Waals surface area contributed by atoms with Gasteiger partial charge in [0.05, 0.1) is 18.6 Å². The molecule has 0 aliphatic carbocycles. The lowest BCUT2D eigenvalue weighted by atomic mass is 10.0. The molecule has 1 amide bonds. The molecule has 24 heavy (non-hydrogen) atoms. The smallest absolute Gasteiger partial charge is 0.308 e. The quantitative estimate of drug-likeness (QED) is 0.706. The largest absolute Gasteiger partial charge is 0.463 e. The zero-order chi connectivity index (χ0) is 17.7. The molecule has 0 saturated heterocycles. The van der Waals surface area contributed by atoms with Crippen molar-refractivity contribution < 1.29 is 18.7 Å². The first-order valence-corrected chi connectivity index (χ1v) is 8.54. The van der Waals surface area contributed by atoms with Gasteiger partial charge in [-0.3, -0.25) is 9.59 Å². The fourth-order valence-corrected chi connectivity index (χ4v) is 2.71. The zero-order valence-corrected chi connectivity index (χ0v) is 15.6. The highest BCUT2D eigenvalue weighted by Gasteiger charge is 2.23. The van der Waals surface area contributed by atoms with Gasteiger partial charge in [-0.05, 0) is 53.5 Å². The highest BCUT2D eigenvalue weighted by Crippen LogP contribution is 2.26. The van der Waals surface area contributed by atoms with Crippen LogP contribution in [-0.2, 0) is 9.53 Å². The Balaban J connectivity index is 2.21. The summed E-state index contributed by atoms with van der Waals surface area (Å²) < 4.78 is 10.9. The van der Waals surface area contributed by atoms with Crippen molar-refractivity contribution in [2.45, 2.75) is 32.4 Å². The maximum Gasteiger partial charge on any atom is 0.308 e. The number of amides is 1. The molecule has 0 spiro atoms. The molecule has 1 heterocycles. The average Bonchev–Trinajstić information content (AvgIpc) is 2.93. The molecule has 2 aromatic rings. The second-order valence-electron chi connectivity index (χ2n) is 5.39. The van der Waals surface area contributed by atoms with Crippen LogP contribution >= 0.6 is 27.5 Å².